The van der Waals surface area contributed by atoms with Gasteiger partial charge in [-0.1, -0.05) is 31.7 Å². The monoisotopic (exact) mass is 338 g/mol. The summed E-state index contributed by atoms with van der Waals surface area (Å²) in [4.78, 5) is 12.1. The number of amides is 1. The van der Waals surface area contributed by atoms with Gasteiger partial charge in [0.2, 0.25) is 0 Å². The lowest BCUT2D eigenvalue weighted by atomic mass is 10.1. The van der Waals surface area contributed by atoms with Crippen LogP contribution < -0.4 is 14.9 Å². The number of rotatable bonds is 8. The maximum absolute atomic E-state index is 12.1. The van der Waals surface area contributed by atoms with Crippen molar-refractivity contribution in [3.63, 3.8) is 0 Å². The van der Waals surface area contributed by atoms with E-state index in [4.69, 9.17) is 9.47 Å². The number of carbonyl (C=O) groups is 1. The van der Waals surface area contributed by atoms with Gasteiger partial charge < -0.3 is 9.47 Å². The van der Waals surface area contributed by atoms with Crippen LogP contribution in [0.5, 0.6) is 11.5 Å². The number of hydrogen-bond donors (Lipinski definition) is 1. The van der Waals surface area contributed by atoms with Gasteiger partial charge in [-0.15, -0.1) is 0 Å². The summed E-state index contributed by atoms with van der Waals surface area (Å²) in [5, 5.41) is 3.99. The van der Waals surface area contributed by atoms with Crippen LogP contribution in [0, 0.1) is 0 Å². The Morgan fingerprint density at radius 2 is 1.96 bits per heavy atom. The molecule has 0 saturated heterocycles. The zero-order valence-corrected chi connectivity index (χ0v) is 14.5. The Morgan fingerprint density at radius 1 is 1.20 bits per heavy atom. The number of nitrogens with zero attached hydrogens (tertiary/aromatic N) is 1. The van der Waals surface area contributed by atoms with Gasteiger partial charge >= 0.3 is 0 Å². The topological polar surface area (TPSA) is 59.9 Å². The Morgan fingerprint density at radius 3 is 2.60 bits per heavy atom. The molecule has 25 heavy (non-hydrogen) atoms. The first-order valence-corrected chi connectivity index (χ1v) is 8.02. The van der Waals surface area contributed by atoms with Crippen LogP contribution in [0.2, 0.25) is 0 Å². The Hall–Kier alpha value is -3.08. The largest absolute Gasteiger partial charge is 0.493 e. The lowest BCUT2D eigenvalue weighted by molar-refractivity contribution is 0.0955. The smallest absolute Gasteiger partial charge is 0.271 e. The molecule has 0 atom stereocenters. The van der Waals surface area contributed by atoms with E-state index in [1.54, 1.807) is 43.7 Å². The SMILES string of the molecule is C=CCOc1ccc(/C=N\NC(=O)c2ccc(CC)cc2)cc1OC. The first kappa shape index (κ1) is 18.3. The van der Waals surface area contributed by atoms with E-state index in [2.05, 4.69) is 24.0 Å². The fraction of sp³-hybridized carbons (Fsp3) is 0.200. The molecule has 0 saturated carbocycles. The molecule has 5 nitrogen and oxygen atoms in total. The highest BCUT2D eigenvalue weighted by Gasteiger charge is 2.05. The molecule has 5 heteroatoms. The van der Waals surface area contributed by atoms with E-state index in [1.165, 1.54) is 5.56 Å². The van der Waals surface area contributed by atoms with E-state index >= 15 is 0 Å². The second-order valence-corrected chi connectivity index (χ2v) is 5.26. The fourth-order valence-corrected chi connectivity index (χ4v) is 2.15. The molecule has 0 bridgehead atoms. The highest BCUT2D eigenvalue weighted by molar-refractivity contribution is 5.94. The van der Waals surface area contributed by atoms with Gasteiger partial charge in [0.1, 0.15) is 6.61 Å². The third-order valence-corrected chi connectivity index (χ3v) is 3.55. The summed E-state index contributed by atoms with van der Waals surface area (Å²) in [6.07, 6.45) is 4.16. The summed E-state index contributed by atoms with van der Waals surface area (Å²) in [6.45, 7) is 6.08. The molecule has 0 unspecified atom stereocenters. The molecule has 2 aromatic rings. The normalized spacial score (nSPS) is 10.5. The second kappa shape index (κ2) is 9.27. The highest BCUT2D eigenvalue weighted by atomic mass is 16.5. The minimum absolute atomic E-state index is 0.253. The van der Waals surface area contributed by atoms with Crippen LogP contribution in [-0.4, -0.2) is 25.8 Å². The van der Waals surface area contributed by atoms with Crippen LogP contribution in [0.3, 0.4) is 0 Å². The molecule has 2 rings (SSSR count). The van der Waals surface area contributed by atoms with Crippen molar-refractivity contribution in [1.82, 2.24) is 5.43 Å². The predicted molar refractivity (Wildman–Crippen MR) is 99.6 cm³/mol. The van der Waals surface area contributed by atoms with Gasteiger partial charge in [0.05, 0.1) is 13.3 Å². The van der Waals surface area contributed by atoms with E-state index in [1.807, 2.05) is 18.2 Å². The van der Waals surface area contributed by atoms with Crippen LogP contribution in [-0.2, 0) is 6.42 Å². The summed E-state index contributed by atoms with van der Waals surface area (Å²) < 4.78 is 10.8. The van der Waals surface area contributed by atoms with Gasteiger partial charge in [-0.25, -0.2) is 5.43 Å². The summed E-state index contributed by atoms with van der Waals surface area (Å²) in [5.41, 5.74) is 5.05. The van der Waals surface area contributed by atoms with E-state index in [0.717, 1.165) is 12.0 Å². The molecule has 0 aliphatic rings. The number of nitrogens with one attached hydrogen (secondary N) is 1. The molecule has 0 spiro atoms. The molecular formula is C20H22N2O3. The van der Waals surface area contributed by atoms with Gasteiger partial charge in [-0.2, -0.15) is 5.10 Å². The molecule has 0 aliphatic heterocycles. The summed E-state index contributed by atoms with van der Waals surface area (Å²) in [6, 6.07) is 12.8. The maximum atomic E-state index is 12.1. The summed E-state index contributed by atoms with van der Waals surface area (Å²) >= 11 is 0. The Balaban J connectivity index is 2.00. The van der Waals surface area contributed by atoms with Crippen molar-refractivity contribution >= 4 is 12.1 Å². The predicted octanol–water partition coefficient (Wildman–Crippen LogP) is 3.59. The van der Waals surface area contributed by atoms with Crippen molar-refractivity contribution in [2.75, 3.05) is 13.7 Å². The number of carbonyl (C=O) groups excluding carboxylic acids is 1. The fourth-order valence-electron chi connectivity index (χ4n) is 2.15. The van der Waals surface area contributed by atoms with Crippen LogP contribution in [0.1, 0.15) is 28.4 Å². The lowest BCUT2D eigenvalue weighted by Gasteiger charge is -2.09. The van der Waals surface area contributed by atoms with E-state index in [9.17, 15) is 4.79 Å². The average Bonchev–Trinajstić information content (AvgIpc) is 2.66. The quantitative estimate of drug-likeness (QED) is 0.455. The van der Waals surface area contributed by atoms with Crippen LogP contribution >= 0.6 is 0 Å². The van der Waals surface area contributed by atoms with Crippen molar-refractivity contribution in [2.45, 2.75) is 13.3 Å². The third-order valence-electron chi connectivity index (χ3n) is 3.55. The molecule has 1 N–H and O–H groups in total. The van der Waals surface area contributed by atoms with Crippen molar-refractivity contribution in [3.8, 4) is 11.5 Å². The number of hydrogen-bond acceptors (Lipinski definition) is 4. The molecule has 2 aromatic carbocycles. The van der Waals surface area contributed by atoms with E-state index in [0.29, 0.717) is 23.7 Å². The molecule has 0 fully saturated rings. The minimum Gasteiger partial charge on any atom is -0.493 e. The standard InChI is InChI=1S/C20H22N2O3/c1-4-12-25-18-11-8-16(13-19(18)24-3)14-21-22-20(23)17-9-6-15(5-2)7-10-17/h4,6-11,13-14H,1,5,12H2,2-3H3,(H,22,23)/b21-14-. The van der Waals surface area contributed by atoms with Gasteiger partial charge in [-0.05, 0) is 47.9 Å². The van der Waals surface area contributed by atoms with Crippen LogP contribution in [0.15, 0.2) is 60.2 Å². The van der Waals surface area contributed by atoms with Crippen molar-refractivity contribution in [3.05, 3.63) is 71.8 Å². The molecule has 0 radical (unpaired) electrons. The molecular weight excluding hydrogens is 316 g/mol. The number of ether oxygens (including phenoxy) is 2. The summed E-state index contributed by atoms with van der Waals surface area (Å²) in [5.74, 6) is 0.962. The zero-order chi connectivity index (χ0) is 18.1. The number of aryl methyl sites for hydroxylation is 1. The van der Waals surface area contributed by atoms with Gasteiger partial charge in [0.25, 0.3) is 5.91 Å². The second-order valence-electron chi connectivity index (χ2n) is 5.26. The Kier molecular flexibility index (Phi) is 6.77. The van der Waals surface area contributed by atoms with Gasteiger partial charge in [0, 0.05) is 5.56 Å². The molecule has 0 aliphatic carbocycles. The average molecular weight is 338 g/mol. The zero-order valence-electron chi connectivity index (χ0n) is 14.5. The summed E-state index contributed by atoms with van der Waals surface area (Å²) in [7, 11) is 1.57. The Bertz CT molecular complexity index is 752. The number of methoxy groups -OCH3 is 1. The molecule has 0 aromatic heterocycles. The Labute approximate surface area is 148 Å². The first-order valence-electron chi connectivity index (χ1n) is 8.02. The van der Waals surface area contributed by atoms with Crippen LogP contribution in [0.25, 0.3) is 0 Å². The van der Waals surface area contributed by atoms with Gasteiger partial charge in [0.15, 0.2) is 11.5 Å². The van der Waals surface area contributed by atoms with E-state index in [-0.39, 0.29) is 5.91 Å². The highest BCUT2D eigenvalue weighted by Crippen LogP contribution is 2.27. The third kappa shape index (κ3) is 5.21. The van der Waals surface area contributed by atoms with E-state index < -0.39 is 0 Å². The maximum Gasteiger partial charge on any atom is 0.271 e. The van der Waals surface area contributed by atoms with Crippen molar-refractivity contribution in [2.24, 2.45) is 5.10 Å². The lowest BCUT2D eigenvalue weighted by Crippen LogP contribution is -2.17. The first-order chi connectivity index (χ1) is 12.2. The molecule has 0 heterocycles. The molecule has 130 valence electrons. The van der Waals surface area contributed by atoms with Gasteiger partial charge in [-0.3, -0.25) is 4.79 Å². The van der Waals surface area contributed by atoms with Crippen molar-refractivity contribution in [1.29, 1.82) is 0 Å². The molecule has 1 amide bonds. The minimum atomic E-state index is -0.253. The van der Waals surface area contributed by atoms with Crippen molar-refractivity contribution < 1.29 is 14.3 Å². The number of benzene rings is 2. The van der Waals surface area contributed by atoms with Crippen LogP contribution in [0.4, 0.5) is 0 Å². The number of hydrazone groups is 1.